The van der Waals surface area contributed by atoms with E-state index in [0.29, 0.717) is 23.9 Å². The van der Waals surface area contributed by atoms with Crippen molar-refractivity contribution in [3.05, 3.63) is 158 Å². The summed E-state index contributed by atoms with van der Waals surface area (Å²) in [5.41, 5.74) is 0. The lowest BCUT2D eigenvalue weighted by Gasteiger charge is -2.30. The van der Waals surface area contributed by atoms with E-state index in [1.165, 1.54) is 70.6 Å². The Balaban J connectivity index is 5.15. The summed E-state index contributed by atoms with van der Waals surface area (Å²) < 4.78 is 30.4. The van der Waals surface area contributed by atoms with Gasteiger partial charge in [0.1, 0.15) is 19.3 Å². The highest BCUT2D eigenvalue weighted by molar-refractivity contribution is 7.45. The van der Waals surface area contributed by atoms with Gasteiger partial charge in [-0.05, 0) is 134 Å². The number of unbranched alkanes of at least 4 members (excludes halogenated alkanes) is 21. The van der Waals surface area contributed by atoms with Crippen LogP contribution in [0.25, 0.3) is 0 Å². The van der Waals surface area contributed by atoms with E-state index >= 15 is 0 Å². The molecule has 494 valence electrons. The van der Waals surface area contributed by atoms with E-state index in [4.69, 9.17) is 13.8 Å². The smallest absolute Gasteiger partial charge is 0.306 e. The van der Waals surface area contributed by atoms with Crippen LogP contribution < -0.4 is 10.2 Å². The lowest BCUT2D eigenvalue weighted by molar-refractivity contribution is -0.870. The second kappa shape index (κ2) is 64.6. The molecule has 0 spiro atoms. The van der Waals surface area contributed by atoms with Gasteiger partial charge in [-0.3, -0.25) is 14.2 Å². The number of amides is 1. The summed E-state index contributed by atoms with van der Waals surface area (Å²) in [6.07, 6.45) is 95.1. The monoisotopic (exact) mass is 1220 g/mol. The minimum Gasteiger partial charge on any atom is -0.756 e. The van der Waals surface area contributed by atoms with Crippen molar-refractivity contribution in [3.8, 4) is 0 Å². The molecule has 0 saturated carbocycles. The van der Waals surface area contributed by atoms with Crippen LogP contribution in [0, 0.1) is 0 Å². The third-order valence-corrected chi connectivity index (χ3v) is 15.4. The van der Waals surface area contributed by atoms with Gasteiger partial charge in [0.2, 0.25) is 5.91 Å². The van der Waals surface area contributed by atoms with Crippen molar-refractivity contribution in [2.75, 3.05) is 40.9 Å². The standard InChI is InChI=1S/C77H129N2O7P/c1-7-10-13-16-19-22-25-27-29-31-33-35-37-38-39-40-42-43-45-47-49-51-54-57-60-63-66-69-76(80)78-74(73-85-87(82,83)84-72-71-79(4,5)6)75(68-65-62-59-56-53-24-21-18-15-12-9-3)86-77(81)70-67-64-61-58-55-52-50-48-46-44-41-36-34-32-30-28-26-23-20-17-14-11-8-2/h10-11,13-14,19-20,22-23,27-30,33-36,38-39,42-44,46,50,52,65,68,74-75H,7-9,12,15-18,21,24-26,31-32,37,40-41,45,47-49,51,53-64,66-67,69-73H2,1-6H3,(H-,78,80,82,83)/b13-10-,14-11-,22-19-,23-20-,29-27-,30-28-,35-33-,36-34-,39-38-,43-42-,46-44-,52-50-,68-65-. The van der Waals surface area contributed by atoms with Gasteiger partial charge in [-0.15, -0.1) is 0 Å². The van der Waals surface area contributed by atoms with E-state index in [-0.39, 0.29) is 24.9 Å². The van der Waals surface area contributed by atoms with E-state index in [1.54, 1.807) is 0 Å². The molecule has 0 fully saturated rings. The fraction of sp³-hybridized carbons (Fsp3) is 0.636. The van der Waals surface area contributed by atoms with E-state index in [1.807, 2.05) is 33.3 Å². The largest absolute Gasteiger partial charge is 0.756 e. The second-order valence-electron chi connectivity index (χ2n) is 23.9. The third-order valence-electron chi connectivity index (χ3n) is 14.5. The zero-order valence-electron chi connectivity index (χ0n) is 56.4. The molecule has 87 heavy (non-hydrogen) atoms. The molecular formula is C77H129N2O7P. The van der Waals surface area contributed by atoms with Crippen LogP contribution in [0.2, 0.25) is 0 Å². The number of nitrogens with zero attached hydrogens (tertiary/aromatic N) is 1. The van der Waals surface area contributed by atoms with E-state index in [0.717, 1.165) is 154 Å². The van der Waals surface area contributed by atoms with Crippen LogP contribution in [-0.2, 0) is 27.9 Å². The van der Waals surface area contributed by atoms with Crippen molar-refractivity contribution < 1.29 is 37.3 Å². The van der Waals surface area contributed by atoms with Gasteiger partial charge >= 0.3 is 5.97 Å². The Hall–Kier alpha value is -4.37. The zero-order valence-corrected chi connectivity index (χ0v) is 57.3. The molecule has 1 N–H and O–H groups in total. The van der Waals surface area contributed by atoms with Crippen LogP contribution in [0.4, 0.5) is 0 Å². The fourth-order valence-electron chi connectivity index (χ4n) is 9.18. The number of carbonyl (C=O) groups is 2. The number of likely N-dealkylation sites (N-methyl/N-ethyl adjacent to an activating group) is 1. The Bertz CT molecular complexity index is 2050. The summed E-state index contributed by atoms with van der Waals surface area (Å²) in [6, 6.07) is -0.917. The SMILES string of the molecule is CC/C=C\C/C=C\C/C=C\C/C=C\C/C=C\C/C=C\CCCCCCCCCCC(=O)NC(COP(=O)([O-])OCC[N+](C)(C)C)C(/C=C\CCCCCCCCCCC)OC(=O)CCCCCC/C=C\C/C=C\C/C=C\C/C=C\C/C=C\C/C=C\CC. The van der Waals surface area contributed by atoms with E-state index in [9.17, 15) is 19.0 Å². The number of hydrogen-bond donors (Lipinski definition) is 1. The normalized spacial score (nSPS) is 14.5. The molecule has 3 atom stereocenters. The molecule has 0 aromatic carbocycles. The van der Waals surface area contributed by atoms with Gasteiger partial charge < -0.3 is 28.5 Å². The third kappa shape index (κ3) is 65.9. The number of carbonyl (C=O) groups excluding carboxylic acids is 2. The number of phosphoric ester groups is 1. The number of ether oxygens (including phenoxy) is 1. The molecule has 0 heterocycles. The first-order valence-electron chi connectivity index (χ1n) is 34.8. The number of esters is 1. The molecule has 0 aliphatic carbocycles. The van der Waals surface area contributed by atoms with Crippen LogP contribution in [0.15, 0.2) is 158 Å². The Morgan fingerprint density at radius 2 is 0.736 bits per heavy atom. The fourth-order valence-corrected chi connectivity index (χ4v) is 9.90. The van der Waals surface area contributed by atoms with Crippen LogP contribution in [-0.4, -0.2) is 69.4 Å². The van der Waals surface area contributed by atoms with Crippen LogP contribution in [0.3, 0.4) is 0 Å². The van der Waals surface area contributed by atoms with Crippen molar-refractivity contribution in [2.24, 2.45) is 0 Å². The van der Waals surface area contributed by atoms with E-state index < -0.39 is 26.6 Å². The average Bonchev–Trinajstić information content (AvgIpc) is 3.70. The van der Waals surface area contributed by atoms with Gasteiger partial charge in [0.15, 0.2) is 0 Å². The highest BCUT2D eigenvalue weighted by Crippen LogP contribution is 2.38. The number of rotatable bonds is 61. The Kier molecular flexibility index (Phi) is 61.4. The minimum absolute atomic E-state index is 0.0376. The van der Waals surface area contributed by atoms with Gasteiger partial charge in [-0.1, -0.05) is 275 Å². The molecule has 0 aromatic heterocycles. The van der Waals surface area contributed by atoms with Gasteiger partial charge in [0.05, 0.1) is 33.8 Å². The molecule has 0 aromatic rings. The lowest BCUT2D eigenvalue weighted by atomic mass is 10.0. The van der Waals surface area contributed by atoms with Crippen LogP contribution in [0.1, 0.15) is 265 Å². The maximum Gasteiger partial charge on any atom is 0.306 e. The molecule has 10 heteroatoms. The highest BCUT2D eigenvalue weighted by Gasteiger charge is 2.27. The van der Waals surface area contributed by atoms with E-state index in [2.05, 4.69) is 172 Å². The molecule has 0 saturated heterocycles. The first-order valence-corrected chi connectivity index (χ1v) is 36.3. The van der Waals surface area contributed by atoms with Crippen molar-refractivity contribution in [1.29, 1.82) is 0 Å². The van der Waals surface area contributed by atoms with Crippen LogP contribution >= 0.6 is 7.82 Å². The number of hydrogen-bond acceptors (Lipinski definition) is 7. The Morgan fingerprint density at radius 3 is 1.10 bits per heavy atom. The molecule has 0 rings (SSSR count). The summed E-state index contributed by atoms with van der Waals surface area (Å²) >= 11 is 0. The van der Waals surface area contributed by atoms with Crippen molar-refractivity contribution in [1.82, 2.24) is 5.32 Å². The maximum atomic E-state index is 13.6. The van der Waals surface area contributed by atoms with Crippen LogP contribution in [0.5, 0.6) is 0 Å². The van der Waals surface area contributed by atoms with Gasteiger partial charge in [0, 0.05) is 12.8 Å². The molecule has 0 bridgehead atoms. The number of phosphoric acid groups is 1. The second-order valence-corrected chi connectivity index (χ2v) is 25.3. The highest BCUT2D eigenvalue weighted by atomic mass is 31.2. The van der Waals surface area contributed by atoms with Crippen molar-refractivity contribution >= 4 is 19.7 Å². The van der Waals surface area contributed by atoms with Gasteiger partial charge in [-0.2, -0.15) is 0 Å². The van der Waals surface area contributed by atoms with Gasteiger partial charge in [-0.25, -0.2) is 0 Å². The first-order chi connectivity index (χ1) is 42.4. The molecule has 9 nitrogen and oxygen atoms in total. The molecule has 1 amide bonds. The summed E-state index contributed by atoms with van der Waals surface area (Å²) in [6.45, 7) is 6.57. The predicted octanol–water partition coefficient (Wildman–Crippen LogP) is 21.7. The van der Waals surface area contributed by atoms with Crippen molar-refractivity contribution in [2.45, 2.75) is 277 Å². The van der Waals surface area contributed by atoms with Gasteiger partial charge in [0.25, 0.3) is 7.82 Å². The Morgan fingerprint density at radius 1 is 0.414 bits per heavy atom. The predicted molar refractivity (Wildman–Crippen MR) is 376 cm³/mol. The summed E-state index contributed by atoms with van der Waals surface area (Å²) in [5.74, 6) is -0.591. The summed E-state index contributed by atoms with van der Waals surface area (Å²) in [4.78, 5) is 40.2. The molecule has 0 radical (unpaired) electrons. The number of nitrogens with one attached hydrogen (secondary N) is 1. The molecule has 3 unspecified atom stereocenters. The number of quaternary nitrogens is 1. The molecule has 0 aliphatic heterocycles. The minimum atomic E-state index is -4.72. The summed E-state index contributed by atoms with van der Waals surface area (Å²) in [7, 11) is 1.14. The first kappa shape index (κ1) is 82.6. The zero-order chi connectivity index (χ0) is 63.5. The Labute approximate surface area is 535 Å². The maximum absolute atomic E-state index is 13.6. The average molecular weight is 1230 g/mol. The number of allylic oxidation sites excluding steroid dienone is 25. The topological polar surface area (TPSA) is 114 Å². The summed E-state index contributed by atoms with van der Waals surface area (Å²) in [5, 5.41) is 3.02. The quantitative estimate of drug-likeness (QED) is 0.0212. The van der Waals surface area contributed by atoms with Crippen molar-refractivity contribution in [3.63, 3.8) is 0 Å². The lowest BCUT2D eigenvalue weighted by Crippen LogP contribution is -2.47. The molecule has 0 aliphatic rings. The molecular weight excluding hydrogens is 1100 g/mol.